The van der Waals surface area contributed by atoms with Crippen molar-refractivity contribution >= 4 is 28.9 Å². The van der Waals surface area contributed by atoms with E-state index in [1.54, 1.807) is 4.90 Å². The topological polar surface area (TPSA) is 102 Å². The second-order valence-electron chi connectivity index (χ2n) is 8.30. The number of ether oxygens (including phenoxy) is 1. The molecule has 2 aliphatic heterocycles. The van der Waals surface area contributed by atoms with Gasteiger partial charge in [-0.05, 0) is 45.2 Å². The van der Waals surface area contributed by atoms with Gasteiger partial charge < -0.3 is 14.2 Å². The maximum atomic E-state index is 12.5. The molecule has 1 aromatic heterocycles. The number of fused-ring (bicyclic) bond motifs is 3. The van der Waals surface area contributed by atoms with Gasteiger partial charge in [0.2, 0.25) is 11.8 Å². The normalized spacial score (nSPS) is 20.1. The molecule has 1 atom stereocenters. The average molecular weight is 385 g/mol. The molecular weight excluding hydrogens is 362 g/mol. The van der Waals surface area contributed by atoms with Crippen molar-refractivity contribution in [1.29, 1.82) is 0 Å². The zero-order valence-electron chi connectivity index (χ0n) is 16.2. The Balaban J connectivity index is 1.65. The Kier molecular flexibility index (Phi) is 4.36. The van der Waals surface area contributed by atoms with Gasteiger partial charge in [-0.2, -0.15) is 0 Å². The van der Waals surface area contributed by atoms with Crippen molar-refractivity contribution in [2.45, 2.75) is 58.1 Å². The van der Waals surface area contributed by atoms with Crippen molar-refractivity contribution in [1.82, 2.24) is 15.4 Å². The van der Waals surface area contributed by atoms with Gasteiger partial charge in [0.15, 0.2) is 5.58 Å². The van der Waals surface area contributed by atoms with Crippen LogP contribution in [0, 0.1) is 0 Å². The molecule has 0 spiro atoms. The highest BCUT2D eigenvalue weighted by Gasteiger charge is 2.34. The first-order valence-electron chi connectivity index (χ1n) is 9.44. The number of imide groups is 1. The molecule has 3 heterocycles. The fraction of sp³-hybridized carbons (Fsp3) is 0.500. The van der Waals surface area contributed by atoms with Gasteiger partial charge in [0.25, 0.3) is 0 Å². The van der Waals surface area contributed by atoms with Gasteiger partial charge in [-0.1, -0.05) is 11.2 Å². The number of carbonyl (C=O) groups excluding carboxylic acids is 3. The summed E-state index contributed by atoms with van der Waals surface area (Å²) in [5.41, 5.74) is 2.55. The van der Waals surface area contributed by atoms with E-state index in [0.29, 0.717) is 37.2 Å². The van der Waals surface area contributed by atoms with Crippen LogP contribution >= 0.6 is 0 Å². The molecule has 0 saturated carbocycles. The minimum Gasteiger partial charge on any atom is -0.444 e. The van der Waals surface area contributed by atoms with Crippen molar-refractivity contribution in [2.75, 3.05) is 6.54 Å². The van der Waals surface area contributed by atoms with Crippen molar-refractivity contribution in [2.24, 2.45) is 0 Å². The molecule has 148 valence electrons. The van der Waals surface area contributed by atoms with E-state index >= 15 is 0 Å². The Morgan fingerprint density at radius 3 is 2.79 bits per heavy atom. The molecular formula is C20H23N3O5. The summed E-state index contributed by atoms with van der Waals surface area (Å²) < 4.78 is 11.1. The second-order valence-corrected chi connectivity index (χ2v) is 8.30. The number of nitrogens with zero attached hydrogens (tertiary/aromatic N) is 2. The van der Waals surface area contributed by atoms with E-state index in [0.717, 1.165) is 16.5 Å². The summed E-state index contributed by atoms with van der Waals surface area (Å²) in [6.07, 6.45) is 1.02. The number of piperidine rings is 1. The van der Waals surface area contributed by atoms with Crippen molar-refractivity contribution in [3.63, 3.8) is 0 Å². The van der Waals surface area contributed by atoms with Crippen LogP contribution in [0.2, 0.25) is 0 Å². The Labute approximate surface area is 162 Å². The van der Waals surface area contributed by atoms with E-state index in [1.165, 1.54) is 0 Å². The first-order chi connectivity index (χ1) is 13.2. The van der Waals surface area contributed by atoms with Gasteiger partial charge in [-0.25, -0.2) is 4.79 Å². The predicted octanol–water partition coefficient (Wildman–Crippen LogP) is 2.64. The van der Waals surface area contributed by atoms with Gasteiger partial charge in [-0.15, -0.1) is 0 Å². The minimum absolute atomic E-state index is 0.264. The smallest absolute Gasteiger partial charge is 0.410 e. The summed E-state index contributed by atoms with van der Waals surface area (Å²) in [5, 5.41) is 7.26. The number of rotatable bonds is 1. The van der Waals surface area contributed by atoms with Gasteiger partial charge in [-0.3, -0.25) is 14.9 Å². The van der Waals surface area contributed by atoms with Crippen LogP contribution in [0.25, 0.3) is 11.0 Å². The highest BCUT2D eigenvalue weighted by molar-refractivity contribution is 6.02. The molecule has 0 aliphatic carbocycles. The van der Waals surface area contributed by atoms with E-state index in [4.69, 9.17) is 9.26 Å². The fourth-order valence-electron chi connectivity index (χ4n) is 3.74. The van der Waals surface area contributed by atoms with Gasteiger partial charge in [0.1, 0.15) is 11.3 Å². The van der Waals surface area contributed by atoms with Crippen molar-refractivity contribution in [3.8, 4) is 0 Å². The molecule has 1 unspecified atom stereocenters. The fourth-order valence-corrected chi connectivity index (χ4v) is 3.74. The molecule has 8 heteroatoms. The molecule has 1 saturated heterocycles. The molecule has 0 bridgehead atoms. The van der Waals surface area contributed by atoms with Gasteiger partial charge in [0.05, 0.1) is 12.5 Å². The number of carbonyl (C=O) groups is 3. The number of aromatic nitrogens is 1. The molecule has 28 heavy (non-hydrogen) atoms. The van der Waals surface area contributed by atoms with Crippen molar-refractivity contribution < 1.29 is 23.6 Å². The van der Waals surface area contributed by atoms with Crippen molar-refractivity contribution in [3.05, 3.63) is 29.0 Å². The Bertz CT molecular complexity index is 972. The third-order valence-electron chi connectivity index (χ3n) is 5.09. The Morgan fingerprint density at radius 2 is 2.07 bits per heavy atom. The van der Waals surface area contributed by atoms with Crippen LogP contribution in [0.15, 0.2) is 16.7 Å². The zero-order valence-corrected chi connectivity index (χ0v) is 16.2. The van der Waals surface area contributed by atoms with E-state index in [-0.39, 0.29) is 24.3 Å². The minimum atomic E-state index is -0.561. The first-order valence-corrected chi connectivity index (χ1v) is 9.44. The number of amides is 3. The summed E-state index contributed by atoms with van der Waals surface area (Å²) in [5.74, 6) is -1.12. The van der Waals surface area contributed by atoms with Gasteiger partial charge >= 0.3 is 6.09 Å². The van der Waals surface area contributed by atoms with Crippen LogP contribution in [0.4, 0.5) is 4.79 Å². The molecule has 3 amide bonds. The average Bonchev–Trinajstić information content (AvgIpc) is 3.04. The molecule has 1 N–H and O–H groups in total. The highest BCUT2D eigenvalue weighted by Crippen LogP contribution is 2.35. The zero-order chi connectivity index (χ0) is 20.1. The number of hydrogen-bond acceptors (Lipinski definition) is 6. The summed E-state index contributed by atoms with van der Waals surface area (Å²) >= 11 is 0. The SMILES string of the molecule is CC(C)(C)OC(=O)N1CCc2ccc3c(C4CCC(=O)NC4=O)noc3c2C1. The van der Waals surface area contributed by atoms with Gasteiger partial charge in [0, 0.05) is 23.9 Å². The van der Waals surface area contributed by atoms with Crippen LogP contribution < -0.4 is 5.32 Å². The summed E-state index contributed by atoms with van der Waals surface area (Å²) in [6.45, 7) is 6.45. The molecule has 2 aromatic rings. The summed E-state index contributed by atoms with van der Waals surface area (Å²) in [4.78, 5) is 37.8. The monoisotopic (exact) mass is 385 g/mol. The van der Waals surface area contributed by atoms with Crippen LogP contribution in [0.1, 0.15) is 56.4 Å². The third-order valence-corrected chi connectivity index (χ3v) is 5.09. The number of hydrogen-bond donors (Lipinski definition) is 1. The highest BCUT2D eigenvalue weighted by atomic mass is 16.6. The Hall–Kier alpha value is -2.90. The lowest BCUT2D eigenvalue weighted by atomic mass is 9.90. The van der Waals surface area contributed by atoms with Crippen LogP contribution in [0.3, 0.4) is 0 Å². The maximum Gasteiger partial charge on any atom is 0.410 e. The lowest BCUT2D eigenvalue weighted by Crippen LogP contribution is -2.40. The quantitative estimate of drug-likeness (QED) is 0.757. The molecule has 1 aromatic carbocycles. The molecule has 4 rings (SSSR count). The van der Waals surface area contributed by atoms with Crippen LogP contribution in [-0.4, -0.2) is 40.1 Å². The molecule has 1 fully saturated rings. The predicted molar refractivity (Wildman–Crippen MR) is 99.5 cm³/mol. The van der Waals surface area contributed by atoms with E-state index in [2.05, 4.69) is 10.5 Å². The molecule has 2 aliphatic rings. The standard InChI is InChI=1S/C20H23N3O5/c1-20(2,3)27-19(26)23-9-8-11-4-5-12-16(22-28-17(12)14(11)10-23)13-6-7-15(24)21-18(13)25/h4-5,13H,6-10H2,1-3H3,(H,21,24,25). The molecule has 8 nitrogen and oxygen atoms in total. The maximum absolute atomic E-state index is 12.5. The van der Waals surface area contributed by atoms with Crippen LogP contribution in [-0.2, 0) is 27.3 Å². The van der Waals surface area contributed by atoms with E-state index in [1.807, 2.05) is 32.9 Å². The van der Waals surface area contributed by atoms with E-state index in [9.17, 15) is 14.4 Å². The Morgan fingerprint density at radius 1 is 1.29 bits per heavy atom. The van der Waals surface area contributed by atoms with Crippen LogP contribution in [0.5, 0.6) is 0 Å². The summed E-state index contributed by atoms with van der Waals surface area (Å²) in [7, 11) is 0. The van der Waals surface area contributed by atoms with E-state index < -0.39 is 11.5 Å². The lowest BCUT2D eigenvalue weighted by molar-refractivity contribution is -0.134. The summed E-state index contributed by atoms with van der Waals surface area (Å²) in [6, 6.07) is 3.91. The lowest BCUT2D eigenvalue weighted by Gasteiger charge is -2.31. The first kappa shape index (κ1) is 18.5. The number of nitrogens with one attached hydrogen (secondary N) is 1. The number of benzene rings is 1. The largest absolute Gasteiger partial charge is 0.444 e. The molecule has 0 radical (unpaired) electrons. The second kappa shape index (κ2) is 6.61. The third kappa shape index (κ3) is 3.34.